The third-order valence-corrected chi connectivity index (χ3v) is 8.60. The Morgan fingerprint density at radius 3 is 2.39 bits per heavy atom. The number of sulfone groups is 1. The number of anilines is 1. The summed E-state index contributed by atoms with van der Waals surface area (Å²) in [5, 5.41) is 2.80. The van der Waals surface area contributed by atoms with Gasteiger partial charge in [-0.3, -0.25) is 4.79 Å². The number of carbonyl (C=O) groups is 2. The number of hydrogen-bond donors (Lipinski definition) is 1. The second-order valence-corrected chi connectivity index (χ2v) is 12.9. The summed E-state index contributed by atoms with van der Waals surface area (Å²) >= 11 is 1.30. The van der Waals surface area contributed by atoms with E-state index in [0.717, 1.165) is 5.69 Å². The molecule has 0 saturated carbocycles. The molecule has 0 aliphatic carbocycles. The average molecular weight is 532 g/mol. The minimum Gasteiger partial charge on any atom is -0.457 e. The molecule has 9 nitrogen and oxygen atoms in total. The number of fused-ring (bicyclic) bond motifs is 1. The number of benzene rings is 2. The lowest BCUT2D eigenvalue weighted by Gasteiger charge is -2.24. The Balaban J connectivity index is 1.47. The van der Waals surface area contributed by atoms with Gasteiger partial charge >= 0.3 is 6.09 Å². The highest BCUT2D eigenvalue weighted by Gasteiger charge is 2.49. The van der Waals surface area contributed by atoms with Crippen molar-refractivity contribution in [1.29, 1.82) is 0 Å². The number of ether oxygens (including phenoxy) is 2. The maximum Gasteiger partial charge on any atom is 0.407 e. The number of nitrogens with zero attached hydrogens (tertiary/aromatic N) is 2. The van der Waals surface area contributed by atoms with E-state index in [1.54, 1.807) is 32.9 Å². The number of alkyl carbamates (subject to hydrolysis) is 1. The van der Waals surface area contributed by atoms with Crippen LogP contribution in [0.5, 0.6) is 11.5 Å². The van der Waals surface area contributed by atoms with Crippen LogP contribution in [-0.4, -0.2) is 60.5 Å². The predicted molar refractivity (Wildman–Crippen MR) is 141 cm³/mol. The normalized spacial score (nSPS) is 21.8. The molecule has 2 atom stereocenters. The van der Waals surface area contributed by atoms with Crippen LogP contribution in [0, 0.1) is 0 Å². The molecule has 0 aromatic heterocycles. The summed E-state index contributed by atoms with van der Waals surface area (Å²) in [7, 11) is -3.17. The molecule has 0 bridgehead atoms. The second kappa shape index (κ2) is 10.5. The van der Waals surface area contributed by atoms with Crippen LogP contribution < -0.4 is 15.0 Å². The number of hydrogen-bond acceptors (Lipinski definition) is 7. The largest absolute Gasteiger partial charge is 0.457 e. The first kappa shape index (κ1) is 26.0. The van der Waals surface area contributed by atoms with Crippen molar-refractivity contribution in [2.45, 2.75) is 44.1 Å². The number of carbonyl (C=O) groups excluding carboxylic acids is 2. The van der Waals surface area contributed by atoms with Crippen LogP contribution in [0.2, 0.25) is 0 Å². The molecule has 2 fully saturated rings. The maximum absolute atomic E-state index is 12.6. The molecule has 0 spiro atoms. The molecule has 2 heterocycles. The van der Waals surface area contributed by atoms with Crippen LogP contribution in [0.3, 0.4) is 0 Å². The highest BCUT2D eigenvalue weighted by Crippen LogP contribution is 2.41. The van der Waals surface area contributed by atoms with Crippen molar-refractivity contribution < 1.29 is 27.5 Å². The van der Waals surface area contributed by atoms with Crippen molar-refractivity contribution in [3.05, 3.63) is 54.6 Å². The van der Waals surface area contributed by atoms with Gasteiger partial charge in [0, 0.05) is 23.9 Å². The molecule has 0 radical (unpaired) electrons. The fourth-order valence-electron chi connectivity index (χ4n) is 3.91. The smallest absolute Gasteiger partial charge is 0.407 e. The molecule has 11 heteroatoms. The maximum atomic E-state index is 12.6. The van der Waals surface area contributed by atoms with E-state index >= 15 is 0 Å². The molecule has 2 amide bonds. The molecule has 0 unspecified atom stereocenters. The highest BCUT2D eigenvalue weighted by molar-refractivity contribution is 8.16. The first-order chi connectivity index (χ1) is 17.0. The standard InChI is InChI=1S/C25H29N3O6S2/c1-25(2,3)34-24(30)26-14-13-22(29)27-23-28(20-15-36(31,32)16-21(20)35-23)17-9-11-19(12-10-17)33-18-7-5-4-6-8-18/h4-12,20-21H,13-16H2,1-3H3,(H,26,30)/t20-,21-/m1/s1. The zero-order valence-corrected chi connectivity index (χ0v) is 22.0. The number of nitrogens with one attached hydrogen (secondary N) is 1. The topological polar surface area (TPSA) is 114 Å². The third kappa shape index (κ3) is 6.79. The van der Waals surface area contributed by atoms with Gasteiger partial charge in [-0.2, -0.15) is 4.99 Å². The Bertz CT molecular complexity index is 1240. The average Bonchev–Trinajstić information content (AvgIpc) is 3.24. The number of rotatable bonds is 6. The summed E-state index contributed by atoms with van der Waals surface area (Å²) in [6.07, 6.45) is -0.605. The lowest BCUT2D eigenvalue weighted by Crippen LogP contribution is -2.37. The van der Waals surface area contributed by atoms with E-state index in [-0.39, 0.29) is 35.8 Å². The first-order valence-corrected chi connectivity index (χ1v) is 14.3. The Labute approximate surface area is 215 Å². The number of amides is 2. The van der Waals surface area contributed by atoms with Crippen LogP contribution in [0.4, 0.5) is 10.5 Å². The summed E-state index contributed by atoms with van der Waals surface area (Å²) in [6, 6.07) is 16.3. The van der Waals surface area contributed by atoms with E-state index < -0.39 is 27.4 Å². The van der Waals surface area contributed by atoms with Gasteiger partial charge in [-0.15, -0.1) is 0 Å². The summed E-state index contributed by atoms with van der Waals surface area (Å²) in [4.78, 5) is 30.5. The van der Waals surface area contributed by atoms with Gasteiger partial charge in [0.1, 0.15) is 17.1 Å². The molecule has 4 rings (SSSR count). The molecule has 2 aliphatic rings. The number of thioether (sulfide) groups is 1. The minimum absolute atomic E-state index is 0.000341. The van der Waals surface area contributed by atoms with Crippen LogP contribution in [0.15, 0.2) is 59.6 Å². The molecular weight excluding hydrogens is 502 g/mol. The lowest BCUT2D eigenvalue weighted by atomic mass is 10.2. The van der Waals surface area contributed by atoms with Crippen LogP contribution in [0.25, 0.3) is 0 Å². The fraction of sp³-hybridized carbons (Fsp3) is 0.400. The number of para-hydroxylation sites is 1. The predicted octanol–water partition coefficient (Wildman–Crippen LogP) is 4.00. The van der Waals surface area contributed by atoms with Gasteiger partial charge in [0.25, 0.3) is 0 Å². The first-order valence-electron chi connectivity index (χ1n) is 11.6. The Morgan fingerprint density at radius 1 is 1.06 bits per heavy atom. The Kier molecular flexibility index (Phi) is 7.60. The van der Waals surface area contributed by atoms with Crippen molar-refractivity contribution in [3.63, 3.8) is 0 Å². The van der Waals surface area contributed by atoms with Gasteiger partial charge in [0.2, 0.25) is 5.91 Å². The lowest BCUT2D eigenvalue weighted by molar-refractivity contribution is -0.117. The van der Waals surface area contributed by atoms with Gasteiger partial charge in [0.05, 0.1) is 17.5 Å². The van der Waals surface area contributed by atoms with Crippen molar-refractivity contribution in [2.24, 2.45) is 4.99 Å². The molecular formula is C25H29N3O6S2. The van der Waals surface area contributed by atoms with Gasteiger partial charge < -0.3 is 19.7 Å². The summed E-state index contributed by atoms with van der Waals surface area (Å²) in [5.74, 6) is 0.972. The fourth-order valence-corrected chi connectivity index (χ4v) is 7.85. The molecule has 2 saturated heterocycles. The Hall–Kier alpha value is -3.05. The summed E-state index contributed by atoms with van der Waals surface area (Å²) in [5.41, 5.74) is 0.0979. The molecule has 2 aromatic carbocycles. The van der Waals surface area contributed by atoms with E-state index in [2.05, 4.69) is 10.3 Å². The molecule has 36 heavy (non-hydrogen) atoms. The van der Waals surface area contributed by atoms with Crippen molar-refractivity contribution >= 4 is 44.5 Å². The van der Waals surface area contributed by atoms with Crippen LogP contribution in [0.1, 0.15) is 27.2 Å². The quantitative estimate of drug-likeness (QED) is 0.595. The highest BCUT2D eigenvalue weighted by atomic mass is 32.2. The van der Waals surface area contributed by atoms with Gasteiger partial charge in [-0.25, -0.2) is 13.2 Å². The van der Waals surface area contributed by atoms with E-state index in [0.29, 0.717) is 16.7 Å². The van der Waals surface area contributed by atoms with Crippen molar-refractivity contribution in [3.8, 4) is 11.5 Å². The third-order valence-electron chi connectivity index (χ3n) is 5.39. The van der Waals surface area contributed by atoms with Crippen molar-refractivity contribution in [2.75, 3.05) is 23.0 Å². The summed E-state index contributed by atoms with van der Waals surface area (Å²) in [6.45, 7) is 5.36. The van der Waals surface area contributed by atoms with Gasteiger partial charge in [0.15, 0.2) is 15.0 Å². The molecule has 2 aliphatic heterocycles. The SMILES string of the molecule is CC(C)(C)OC(=O)NCCC(=O)N=C1S[C@@H]2CS(=O)(=O)C[C@H]2N1c1ccc(Oc2ccccc2)cc1. The zero-order valence-electron chi connectivity index (χ0n) is 20.3. The van der Waals surface area contributed by atoms with Crippen LogP contribution >= 0.6 is 11.8 Å². The van der Waals surface area contributed by atoms with Crippen molar-refractivity contribution in [1.82, 2.24) is 5.32 Å². The van der Waals surface area contributed by atoms with Gasteiger partial charge in [-0.1, -0.05) is 30.0 Å². The second-order valence-electron chi connectivity index (χ2n) is 9.55. The Morgan fingerprint density at radius 2 is 1.72 bits per heavy atom. The van der Waals surface area contributed by atoms with E-state index in [4.69, 9.17) is 9.47 Å². The summed E-state index contributed by atoms with van der Waals surface area (Å²) < 4.78 is 35.6. The van der Waals surface area contributed by atoms with E-state index in [9.17, 15) is 18.0 Å². The minimum atomic E-state index is -3.17. The van der Waals surface area contributed by atoms with Gasteiger partial charge in [-0.05, 0) is 57.2 Å². The number of aliphatic imine (C=N–C) groups is 1. The van der Waals surface area contributed by atoms with Crippen LogP contribution in [-0.2, 0) is 19.4 Å². The van der Waals surface area contributed by atoms with E-state index in [1.165, 1.54) is 11.8 Å². The zero-order chi connectivity index (χ0) is 25.9. The molecule has 192 valence electrons. The molecule has 1 N–H and O–H groups in total. The number of amidine groups is 1. The van der Waals surface area contributed by atoms with E-state index in [1.807, 2.05) is 47.4 Å². The monoisotopic (exact) mass is 531 g/mol. The molecule has 2 aromatic rings.